The molecule has 35 heavy (non-hydrogen) atoms. The van der Waals surface area contributed by atoms with E-state index in [1.54, 1.807) is 30.3 Å². The van der Waals surface area contributed by atoms with Crippen LogP contribution in [0, 0.1) is 6.92 Å². The van der Waals surface area contributed by atoms with E-state index in [0.29, 0.717) is 34.1 Å². The second kappa shape index (κ2) is 10.2. The number of aryl methyl sites for hydroxylation is 1. The molecule has 3 aromatic rings. The predicted octanol–water partition coefficient (Wildman–Crippen LogP) is 2.81. The third-order valence-electron chi connectivity index (χ3n) is 5.41. The van der Waals surface area contributed by atoms with Gasteiger partial charge >= 0.3 is 5.63 Å². The van der Waals surface area contributed by atoms with Gasteiger partial charge in [0.2, 0.25) is 5.75 Å². The zero-order valence-electron chi connectivity index (χ0n) is 19.6. The number of benzene rings is 2. The van der Waals surface area contributed by atoms with Gasteiger partial charge in [0.1, 0.15) is 16.7 Å². The average Bonchev–Trinajstić information content (AvgIpc) is 3.20. The lowest BCUT2D eigenvalue weighted by Gasteiger charge is -2.26. The number of hydrogen-bond donors (Lipinski definition) is 1. The summed E-state index contributed by atoms with van der Waals surface area (Å²) in [4.78, 5) is 36.9. The summed E-state index contributed by atoms with van der Waals surface area (Å²) in [6.07, 6.45) is 0. The Morgan fingerprint density at radius 2 is 1.86 bits per heavy atom. The minimum Gasteiger partial charge on any atom is -0.493 e. The molecule has 1 atom stereocenters. The van der Waals surface area contributed by atoms with Gasteiger partial charge < -0.3 is 23.4 Å². The van der Waals surface area contributed by atoms with Crippen molar-refractivity contribution in [2.24, 2.45) is 0 Å². The molecule has 1 aromatic heterocycles. The highest BCUT2D eigenvalue weighted by Gasteiger charge is 2.37. The van der Waals surface area contributed by atoms with E-state index in [9.17, 15) is 14.4 Å². The molecule has 1 unspecified atom stereocenters. The van der Waals surface area contributed by atoms with Crippen molar-refractivity contribution in [1.29, 1.82) is 0 Å². The van der Waals surface area contributed by atoms with Crippen LogP contribution in [0.15, 0.2) is 45.6 Å². The minimum absolute atomic E-state index is 0.173. The van der Waals surface area contributed by atoms with Crippen LogP contribution >= 0.6 is 11.8 Å². The monoisotopic (exact) mass is 500 g/mol. The molecular formula is C24H24N2O8S. The maximum atomic E-state index is 12.7. The number of fused-ring (bicyclic) bond motifs is 1. The summed E-state index contributed by atoms with van der Waals surface area (Å²) in [5, 5.41) is 1.48. The number of hydrazine groups is 1. The molecule has 0 saturated carbocycles. The summed E-state index contributed by atoms with van der Waals surface area (Å²) in [6.45, 7) is 1.45. The number of carbonyl (C=O) groups excluding carboxylic acids is 2. The Labute approximate surface area is 205 Å². The topological polar surface area (TPSA) is 117 Å². The van der Waals surface area contributed by atoms with Crippen LogP contribution in [-0.4, -0.2) is 50.5 Å². The average molecular weight is 501 g/mol. The molecule has 2 aromatic carbocycles. The first-order valence-electron chi connectivity index (χ1n) is 10.6. The van der Waals surface area contributed by atoms with Crippen molar-refractivity contribution in [3.05, 3.63) is 57.9 Å². The van der Waals surface area contributed by atoms with Gasteiger partial charge in [0, 0.05) is 23.1 Å². The van der Waals surface area contributed by atoms with E-state index in [4.69, 9.17) is 23.4 Å². The molecule has 11 heteroatoms. The quantitative estimate of drug-likeness (QED) is 0.466. The van der Waals surface area contributed by atoms with Crippen LogP contribution in [-0.2, 0) is 9.59 Å². The number of nitrogens with one attached hydrogen (secondary N) is 1. The number of hydrogen-bond acceptors (Lipinski definition) is 9. The highest BCUT2D eigenvalue weighted by Crippen LogP contribution is 2.48. The number of thioether (sulfide) groups is 1. The Kier molecular flexibility index (Phi) is 7.06. The van der Waals surface area contributed by atoms with Gasteiger partial charge in [-0.15, -0.1) is 11.8 Å². The summed E-state index contributed by atoms with van der Waals surface area (Å²) >= 11 is 1.34. The maximum absolute atomic E-state index is 12.7. The lowest BCUT2D eigenvalue weighted by Crippen LogP contribution is -2.46. The summed E-state index contributed by atoms with van der Waals surface area (Å²) in [5.74, 6) is 0.994. The van der Waals surface area contributed by atoms with Crippen LogP contribution < -0.4 is 30.0 Å². The fourth-order valence-corrected chi connectivity index (χ4v) is 4.93. The molecule has 4 rings (SSSR count). The zero-order valence-corrected chi connectivity index (χ0v) is 20.4. The van der Waals surface area contributed by atoms with Crippen LogP contribution in [0.5, 0.6) is 23.0 Å². The first-order valence-corrected chi connectivity index (χ1v) is 11.6. The van der Waals surface area contributed by atoms with Crippen molar-refractivity contribution in [2.75, 3.05) is 33.7 Å². The molecule has 0 aliphatic carbocycles. The molecule has 0 bridgehead atoms. The molecule has 1 N–H and O–H groups in total. The van der Waals surface area contributed by atoms with E-state index in [0.717, 1.165) is 10.9 Å². The Bertz CT molecular complexity index is 1340. The number of carbonyl (C=O) groups is 2. The fraction of sp³-hybridized carbons (Fsp3) is 0.292. The standard InChI is InChI=1S/C24H24N2O8S/c1-13-9-21(29)34-18-10-14(5-6-15(13)18)33-11-19(27)25-26-20(28)12-35-24(26)16-7-8-17(30-2)23(32-4)22(16)31-3/h5-10,24H,11-12H2,1-4H3,(H,25,27). The first kappa shape index (κ1) is 24.3. The van der Waals surface area contributed by atoms with Crippen molar-refractivity contribution in [3.8, 4) is 23.0 Å². The molecule has 1 aliphatic heterocycles. The molecule has 1 fully saturated rings. The van der Waals surface area contributed by atoms with Gasteiger partial charge in [0.05, 0.1) is 27.1 Å². The summed E-state index contributed by atoms with van der Waals surface area (Å²) in [5.41, 5.74) is 3.93. The predicted molar refractivity (Wildman–Crippen MR) is 129 cm³/mol. The van der Waals surface area contributed by atoms with Gasteiger partial charge in [-0.1, -0.05) is 0 Å². The molecule has 2 heterocycles. The Morgan fingerprint density at radius 1 is 1.09 bits per heavy atom. The number of methoxy groups -OCH3 is 3. The fourth-order valence-electron chi connectivity index (χ4n) is 3.80. The number of rotatable bonds is 8. The molecule has 1 saturated heterocycles. The molecular weight excluding hydrogens is 476 g/mol. The number of ether oxygens (including phenoxy) is 4. The van der Waals surface area contributed by atoms with Crippen molar-refractivity contribution in [1.82, 2.24) is 10.4 Å². The summed E-state index contributed by atoms with van der Waals surface area (Å²) in [6, 6.07) is 9.86. The van der Waals surface area contributed by atoms with Crippen LogP contribution in [0.2, 0.25) is 0 Å². The third kappa shape index (κ3) is 4.85. The van der Waals surface area contributed by atoms with Gasteiger partial charge in [-0.25, -0.2) is 9.80 Å². The van der Waals surface area contributed by atoms with E-state index in [1.807, 2.05) is 6.92 Å². The SMILES string of the molecule is COc1ccc(C2SCC(=O)N2NC(=O)COc2ccc3c(C)cc(=O)oc3c2)c(OC)c1OC. The van der Waals surface area contributed by atoms with Crippen molar-refractivity contribution >= 4 is 34.5 Å². The van der Waals surface area contributed by atoms with Gasteiger partial charge in [0.25, 0.3) is 11.8 Å². The van der Waals surface area contributed by atoms with Gasteiger partial charge in [-0.3, -0.25) is 15.0 Å². The molecule has 1 aliphatic rings. The highest BCUT2D eigenvalue weighted by atomic mass is 32.2. The van der Waals surface area contributed by atoms with E-state index in [2.05, 4.69) is 5.43 Å². The number of amides is 2. The van der Waals surface area contributed by atoms with Crippen molar-refractivity contribution in [3.63, 3.8) is 0 Å². The van der Waals surface area contributed by atoms with Gasteiger partial charge in [-0.05, 0) is 36.8 Å². The van der Waals surface area contributed by atoms with Crippen molar-refractivity contribution < 1.29 is 33.0 Å². The van der Waals surface area contributed by atoms with E-state index in [1.165, 1.54) is 44.2 Å². The molecule has 0 radical (unpaired) electrons. The number of nitrogens with zero attached hydrogens (tertiary/aromatic N) is 1. The lowest BCUT2D eigenvalue weighted by atomic mass is 10.1. The van der Waals surface area contributed by atoms with Gasteiger partial charge in [0.15, 0.2) is 18.1 Å². The molecule has 2 amide bonds. The van der Waals surface area contributed by atoms with Crippen LogP contribution in [0.3, 0.4) is 0 Å². The third-order valence-corrected chi connectivity index (χ3v) is 6.60. The normalized spacial score (nSPS) is 15.3. The smallest absolute Gasteiger partial charge is 0.336 e. The Balaban J connectivity index is 1.49. The second-order valence-corrected chi connectivity index (χ2v) is 8.65. The van der Waals surface area contributed by atoms with Crippen molar-refractivity contribution in [2.45, 2.75) is 12.3 Å². The largest absolute Gasteiger partial charge is 0.493 e. The zero-order chi connectivity index (χ0) is 25.1. The minimum atomic E-state index is -0.542. The molecule has 184 valence electrons. The maximum Gasteiger partial charge on any atom is 0.336 e. The first-order chi connectivity index (χ1) is 16.9. The Morgan fingerprint density at radius 3 is 2.57 bits per heavy atom. The summed E-state index contributed by atoms with van der Waals surface area (Å²) < 4.78 is 27.1. The van der Waals surface area contributed by atoms with Crippen LogP contribution in [0.4, 0.5) is 0 Å². The Hall–Kier alpha value is -3.86. The summed E-state index contributed by atoms with van der Waals surface area (Å²) in [7, 11) is 4.50. The highest BCUT2D eigenvalue weighted by molar-refractivity contribution is 8.00. The van der Waals surface area contributed by atoms with E-state index in [-0.39, 0.29) is 18.3 Å². The molecule has 10 nitrogen and oxygen atoms in total. The van der Waals surface area contributed by atoms with E-state index >= 15 is 0 Å². The van der Waals surface area contributed by atoms with E-state index < -0.39 is 16.9 Å². The lowest BCUT2D eigenvalue weighted by molar-refractivity contribution is -0.140. The van der Waals surface area contributed by atoms with Gasteiger partial charge in [-0.2, -0.15) is 0 Å². The van der Waals surface area contributed by atoms with Crippen LogP contribution in [0.25, 0.3) is 11.0 Å². The molecule has 0 spiro atoms. The van der Waals surface area contributed by atoms with Crippen LogP contribution in [0.1, 0.15) is 16.5 Å². The second-order valence-electron chi connectivity index (χ2n) is 7.58.